The van der Waals surface area contributed by atoms with Crippen molar-refractivity contribution in [3.05, 3.63) is 101 Å². The third-order valence-electron chi connectivity index (χ3n) is 6.71. The van der Waals surface area contributed by atoms with E-state index in [0.717, 1.165) is 47.0 Å². The second-order valence-electron chi connectivity index (χ2n) is 9.33. The first-order chi connectivity index (χ1) is 17.6. The molecule has 0 N–H and O–H groups in total. The van der Waals surface area contributed by atoms with Crippen molar-refractivity contribution < 1.29 is 13.9 Å². The Morgan fingerprint density at radius 2 is 1.72 bits per heavy atom. The number of nitrogens with zero attached hydrogens (tertiary/aromatic N) is 2. The first-order valence-electron chi connectivity index (χ1n) is 12.4. The van der Waals surface area contributed by atoms with Crippen molar-refractivity contribution in [1.82, 2.24) is 4.90 Å². The fraction of sp³-hybridized carbons (Fsp3) is 0.267. The standard InChI is InChI=1S/C30H29FN2O2S/c1-21-7-5-6-10-27(21)33-29(34)28(36-30(33)32-25-8-3-2-4-9-25)19-22-13-17-26(18-14-22)35-20-23-11-15-24(31)16-12-23/h2-4,8-9,11-19,21,27H,5-7,10,20H2,1H3/b28-19-,32-30?/t21-,27-/m1/s1. The van der Waals surface area contributed by atoms with Crippen LogP contribution in [-0.2, 0) is 11.4 Å². The molecule has 0 aromatic heterocycles. The molecule has 0 spiro atoms. The molecule has 2 aliphatic rings. The van der Waals surface area contributed by atoms with Gasteiger partial charge in [0.05, 0.1) is 10.6 Å². The highest BCUT2D eigenvalue weighted by Gasteiger charge is 2.41. The molecular weight excluding hydrogens is 471 g/mol. The SMILES string of the molecule is C[C@@H]1CCCC[C@H]1N1C(=O)/C(=C/c2ccc(OCc3ccc(F)cc3)cc2)SC1=Nc1ccccc1. The number of rotatable bonds is 6. The maximum absolute atomic E-state index is 13.6. The summed E-state index contributed by atoms with van der Waals surface area (Å²) < 4.78 is 18.9. The average molecular weight is 501 g/mol. The fourth-order valence-corrected chi connectivity index (χ4v) is 5.75. The monoisotopic (exact) mass is 500 g/mol. The normalized spacial score (nSPS) is 22.4. The number of para-hydroxylation sites is 1. The van der Waals surface area contributed by atoms with E-state index < -0.39 is 0 Å². The van der Waals surface area contributed by atoms with E-state index in [0.29, 0.717) is 17.4 Å². The average Bonchev–Trinajstić information content (AvgIpc) is 3.19. The third-order valence-corrected chi connectivity index (χ3v) is 7.70. The zero-order valence-electron chi connectivity index (χ0n) is 20.3. The summed E-state index contributed by atoms with van der Waals surface area (Å²) in [7, 11) is 0. The van der Waals surface area contributed by atoms with E-state index in [-0.39, 0.29) is 17.8 Å². The van der Waals surface area contributed by atoms with Crippen LogP contribution in [0.15, 0.2) is 88.8 Å². The van der Waals surface area contributed by atoms with Gasteiger partial charge in [0.15, 0.2) is 5.17 Å². The molecule has 2 atom stereocenters. The smallest absolute Gasteiger partial charge is 0.267 e. The molecule has 2 fully saturated rings. The predicted molar refractivity (Wildman–Crippen MR) is 145 cm³/mol. The number of amidine groups is 1. The number of aliphatic imine (C=N–C) groups is 1. The number of benzene rings is 3. The lowest BCUT2D eigenvalue weighted by atomic mass is 9.85. The van der Waals surface area contributed by atoms with E-state index in [4.69, 9.17) is 9.73 Å². The van der Waals surface area contributed by atoms with Crippen molar-refractivity contribution in [2.75, 3.05) is 0 Å². The van der Waals surface area contributed by atoms with Gasteiger partial charge < -0.3 is 4.74 Å². The van der Waals surface area contributed by atoms with Crippen molar-refractivity contribution >= 4 is 34.6 Å². The summed E-state index contributed by atoms with van der Waals surface area (Å²) in [5, 5.41) is 0.760. The molecule has 5 rings (SSSR count). The number of halogens is 1. The highest BCUT2D eigenvalue weighted by molar-refractivity contribution is 8.18. The van der Waals surface area contributed by atoms with Crippen LogP contribution in [0.4, 0.5) is 10.1 Å². The summed E-state index contributed by atoms with van der Waals surface area (Å²) in [6.45, 7) is 2.61. The molecule has 0 unspecified atom stereocenters. The van der Waals surface area contributed by atoms with Gasteiger partial charge in [0, 0.05) is 6.04 Å². The molecule has 1 aliphatic carbocycles. The minimum atomic E-state index is -0.260. The van der Waals surface area contributed by atoms with E-state index in [1.807, 2.05) is 65.6 Å². The summed E-state index contributed by atoms with van der Waals surface area (Å²) in [6.07, 6.45) is 6.44. The second kappa shape index (κ2) is 11.1. The summed E-state index contributed by atoms with van der Waals surface area (Å²) in [5.41, 5.74) is 2.68. The van der Waals surface area contributed by atoms with Gasteiger partial charge in [0.25, 0.3) is 5.91 Å². The van der Waals surface area contributed by atoms with Crippen LogP contribution < -0.4 is 4.74 Å². The molecule has 1 saturated carbocycles. The van der Waals surface area contributed by atoms with Gasteiger partial charge >= 0.3 is 0 Å². The first-order valence-corrected chi connectivity index (χ1v) is 13.2. The minimum absolute atomic E-state index is 0.0325. The zero-order chi connectivity index (χ0) is 24.9. The molecular formula is C30H29FN2O2S. The highest BCUT2D eigenvalue weighted by atomic mass is 32.2. The Morgan fingerprint density at radius 3 is 2.44 bits per heavy atom. The van der Waals surface area contributed by atoms with Gasteiger partial charge in [-0.2, -0.15) is 0 Å². The highest BCUT2D eigenvalue weighted by Crippen LogP contribution is 2.40. The quantitative estimate of drug-likeness (QED) is 0.328. The number of hydrogen-bond acceptors (Lipinski definition) is 4. The molecule has 0 bridgehead atoms. The Labute approximate surface area is 215 Å². The largest absolute Gasteiger partial charge is 0.489 e. The van der Waals surface area contributed by atoms with Crippen molar-refractivity contribution in [2.45, 2.75) is 45.3 Å². The Balaban J connectivity index is 1.35. The van der Waals surface area contributed by atoms with Crippen molar-refractivity contribution in [1.29, 1.82) is 0 Å². The van der Waals surface area contributed by atoms with Crippen LogP contribution in [0.25, 0.3) is 6.08 Å². The number of thioether (sulfide) groups is 1. The second-order valence-corrected chi connectivity index (χ2v) is 10.3. The molecule has 0 radical (unpaired) electrons. The van der Waals surface area contributed by atoms with E-state index in [9.17, 15) is 9.18 Å². The molecule has 36 heavy (non-hydrogen) atoms. The molecule has 1 aliphatic heterocycles. The van der Waals surface area contributed by atoms with Gasteiger partial charge in [0.2, 0.25) is 0 Å². The maximum Gasteiger partial charge on any atom is 0.267 e. The lowest BCUT2D eigenvalue weighted by Crippen LogP contribution is -2.44. The van der Waals surface area contributed by atoms with E-state index >= 15 is 0 Å². The Bertz CT molecular complexity index is 1260. The van der Waals surface area contributed by atoms with E-state index in [2.05, 4.69) is 6.92 Å². The van der Waals surface area contributed by atoms with Gasteiger partial charge in [-0.05, 0) is 84.1 Å². The minimum Gasteiger partial charge on any atom is -0.489 e. The van der Waals surface area contributed by atoms with Gasteiger partial charge in [-0.3, -0.25) is 9.69 Å². The summed E-state index contributed by atoms with van der Waals surface area (Å²) in [5.74, 6) is 0.936. The zero-order valence-corrected chi connectivity index (χ0v) is 21.1. The molecule has 1 heterocycles. The molecule has 6 heteroatoms. The van der Waals surface area contributed by atoms with Crippen molar-refractivity contribution in [3.63, 3.8) is 0 Å². The molecule has 4 nitrogen and oxygen atoms in total. The molecule has 3 aromatic rings. The lowest BCUT2D eigenvalue weighted by Gasteiger charge is -2.35. The van der Waals surface area contributed by atoms with Crippen LogP contribution in [-0.4, -0.2) is 22.0 Å². The number of carbonyl (C=O) groups excluding carboxylic acids is 1. The molecule has 3 aromatic carbocycles. The van der Waals surface area contributed by atoms with Gasteiger partial charge in [-0.1, -0.05) is 62.2 Å². The predicted octanol–water partition coefficient (Wildman–Crippen LogP) is 7.59. The van der Waals surface area contributed by atoms with Crippen LogP contribution in [0, 0.1) is 11.7 Å². The summed E-state index contributed by atoms with van der Waals surface area (Å²) in [4.78, 5) is 21.1. The number of amides is 1. The van der Waals surface area contributed by atoms with Crippen LogP contribution in [0.5, 0.6) is 5.75 Å². The summed E-state index contributed by atoms with van der Waals surface area (Å²) >= 11 is 1.45. The van der Waals surface area contributed by atoms with Gasteiger partial charge in [-0.15, -0.1) is 0 Å². The van der Waals surface area contributed by atoms with Crippen LogP contribution in [0.2, 0.25) is 0 Å². The van der Waals surface area contributed by atoms with Crippen molar-refractivity contribution in [3.8, 4) is 5.75 Å². The third kappa shape index (κ3) is 5.71. The Kier molecular flexibility index (Phi) is 7.52. The Hall–Kier alpha value is -3.38. The molecule has 184 valence electrons. The van der Waals surface area contributed by atoms with Crippen LogP contribution >= 0.6 is 11.8 Å². The number of hydrogen-bond donors (Lipinski definition) is 0. The van der Waals surface area contributed by atoms with Gasteiger partial charge in [-0.25, -0.2) is 9.38 Å². The number of carbonyl (C=O) groups is 1. The molecule has 1 saturated heterocycles. The van der Waals surface area contributed by atoms with Gasteiger partial charge in [0.1, 0.15) is 18.2 Å². The number of ether oxygens (including phenoxy) is 1. The topological polar surface area (TPSA) is 41.9 Å². The first kappa shape index (κ1) is 24.3. The van der Waals surface area contributed by atoms with E-state index in [1.54, 1.807) is 12.1 Å². The molecule has 1 amide bonds. The van der Waals surface area contributed by atoms with E-state index in [1.165, 1.54) is 30.3 Å². The maximum atomic E-state index is 13.6. The summed E-state index contributed by atoms with van der Waals surface area (Å²) in [6, 6.07) is 23.9. The van der Waals surface area contributed by atoms with Crippen LogP contribution in [0.1, 0.15) is 43.7 Å². The fourth-order valence-electron chi connectivity index (χ4n) is 4.71. The van der Waals surface area contributed by atoms with Crippen LogP contribution in [0.3, 0.4) is 0 Å². The Morgan fingerprint density at radius 1 is 1.00 bits per heavy atom. The lowest BCUT2D eigenvalue weighted by molar-refractivity contribution is -0.124. The van der Waals surface area contributed by atoms with Crippen molar-refractivity contribution in [2.24, 2.45) is 10.9 Å².